The van der Waals surface area contributed by atoms with Crippen LogP contribution in [0.1, 0.15) is 54.7 Å². The van der Waals surface area contributed by atoms with Gasteiger partial charge in [0.2, 0.25) is 0 Å². The predicted octanol–water partition coefficient (Wildman–Crippen LogP) is 4.30. The van der Waals surface area contributed by atoms with Crippen molar-refractivity contribution in [2.45, 2.75) is 47.4 Å². The number of carbonyl (C=O) groups is 1. The highest BCUT2D eigenvalue weighted by atomic mass is 127. The van der Waals surface area contributed by atoms with Gasteiger partial charge >= 0.3 is 5.97 Å². The largest absolute Gasteiger partial charge is 0.465 e. The summed E-state index contributed by atoms with van der Waals surface area (Å²) in [5, 5.41) is 4.29. The molecule has 3 fully saturated rings. The lowest BCUT2D eigenvalue weighted by molar-refractivity contribution is 0.0601. The molecule has 6 heteroatoms. The molecule has 3 saturated carbocycles. The first-order chi connectivity index (χ1) is 11.6. The molecule has 5 nitrogen and oxygen atoms in total. The molecule has 0 spiro atoms. The predicted molar refractivity (Wildman–Crippen MR) is 97.2 cm³/mol. The molecule has 0 saturated heterocycles. The van der Waals surface area contributed by atoms with E-state index in [0.717, 1.165) is 25.1 Å². The Morgan fingerprint density at radius 1 is 1.17 bits per heavy atom. The van der Waals surface area contributed by atoms with Gasteiger partial charge in [-0.2, -0.15) is 4.98 Å². The third kappa shape index (κ3) is 2.55. The van der Waals surface area contributed by atoms with E-state index in [9.17, 15) is 4.79 Å². The van der Waals surface area contributed by atoms with Gasteiger partial charge in [0.25, 0.3) is 5.89 Å². The van der Waals surface area contributed by atoms with Crippen LogP contribution in [0.25, 0.3) is 11.5 Å². The minimum atomic E-state index is -0.395. The molecule has 0 aliphatic heterocycles. The molecule has 0 amide bonds. The lowest BCUT2D eigenvalue weighted by Gasteiger charge is -2.49. The molecule has 0 N–H and O–H groups in total. The molecular weight excluding hydrogens is 419 g/mol. The van der Waals surface area contributed by atoms with Crippen molar-refractivity contribution in [1.29, 1.82) is 0 Å². The van der Waals surface area contributed by atoms with Crippen molar-refractivity contribution in [1.82, 2.24) is 10.1 Å². The summed E-state index contributed by atoms with van der Waals surface area (Å²) < 4.78 is 10.9. The summed E-state index contributed by atoms with van der Waals surface area (Å²) in [6.45, 7) is 0. The number of aromatic nitrogens is 2. The number of alkyl halides is 1. The summed E-state index contributed by atoms with van der Waals surface area (Å²) >= 11 is 2.63. The summed E-state index contributed by atoms with van der Waals surface area (Å²) in [6, 6.07) is 7.19. The molecule has 1 aromatic carbocycles. The van der Waals surface area contributed by atoms with Crippen molar-refractivity contribution in [3.05, 3.63) is 35.7 Å². The third-order valence-corrected chi connectivity index (χ3v) is 7.24. The van der Waals surface area contributed by atoms with Crippen molar-refractivity contribution < 1.29 is 14.1 Å². The second-order valence-corrected chi connectivity index (χ2v) is 9.18. The fourth-order valence-corrected chi connectivity index (χ4v) is 4.79. The molecule has 3 aliphatic rings. The number of rotatable bonds is 3. The quantitative estimate of drug-likeness (QED) is 0.406. The zero-order valence-electron chi connectivity index (χ0n) is 13.5. The highest BCUT2D eigenvalue weighted by Crippen LogP contribution is 2.56. The average molecular weight is 438 g/mol. The first-order valence-electron chi connectivity index (χ1n) is 8.26. The molecule has 2 bridgehead atoms. The number of carbonyl (C=O) groups excluding carboxylic acids is 1. The topological polar surface area (TPSA) is 65.2 Å². The molecular formula is C18H19IN2O3. The van der Waals surface area contributed by atoms with Crippen molar-refractivity contribution in [3.63, 3.8) is 0 Å². The van der Waals surface area contributed by atoms with E-state index in [0.29, 0.717) is 20.4 Å². The number of halogens is 1. The van der Waals surface area contributed by atoms with Crippen LogP contribution in [0.2, 0.25) is 0 Å². The van der Waals surface area contributed by atoms with E-state index in [1.807, 2.05) is 12.1 Å². The van der Waals surface area contributed by atoms with Crippen LogP contribution in [0.5, 0.6) is 0 Å². The number of hydrogen-bond donors (Lipinski definition) is 0. The Morgan fingerprint density at radius 2 is 1.83 bits per heavy atom. The number of methoxy groups -OCH3 is 1. The van der Waals surface area contributed by atoms with Gasteiger partial charge in [0.05, 0.1) is 18.2 Å². The highest BCUT2D eigenvalue weighted by Gasteiger charge is 2.50. The van der Waals surface area contributed by atoms with Crippen LogP contribution in [-0.4, -0.2) is 26.6 Å². The number of nitrogens with zero attached hydrogens (tertiary/aromatic N) is 2. The van der Waals surface area contributed by atoms with Crippen molar-refractivity contribution >= 4 is 28.6 Å². The maximum Gasteiger partial charge on any atom is 0.338 e. The Hall–Kier alpha value is -1.44. The summed E-state index contributed by atoms with van der Waals surface area (Å²) in [7, 11) is 1.37. The molecule has 0 unspecified atom stereocenters. The Balaban J connectivity index is 1.68. The zero-order valence-corrected chi connectivity index (χ0v) is 15.7. The minimum Gasteiger partial charge on any atom is -0.465 e. The Kier molecular flexibility index (Phi) is 3.89. The number of esters is 1. The third-order valence-electron chi connectivity index (χ3n) is 5.62. The van der Waals surface area contributed by atoms with Gasteiger partial charge in [-0.25, -0.2) is 4.79 Å². The lowest BCUT2D eigenvalue weighted by atomic mass is 9.60. The number of benzene rings is 1. The lowest BCUT2D eigenvalue weighted by Crippen LogP contribution is -2.45. The molecule has 1 heterocycles. The zero-order chi connectivity index (χ0) is 16.8. The van der Waals surface area contributed by atoms with Crippen molar-refractivity contribution in [2.24, 2.45) is 0 Å². The van der Waals surface area contributed by atoms with Crippen LogP contribution >= 0.6 is 22.6 Å². The maximum absolute atomic E-state index is 12.0. The summed E-state index contributed by atoms with van der Waals surface area (Å²) in [4.78, 5) is 16.6. The van der Waals surface area contributed by atoms with Gasteiger partial charge in [0.15, 0.2) is 5.82 Å². The van der Waals surface area contributed by atoms with Gasteiger partial charge in [0.1, 0.15) is 0 Å². The minimum absolute atomic E-state index is 0.0505. The standard InChI is InChI=1S/C18H19IN2O3/c1-23-15(22)13-5-3-2-4-12(13)14-20-16(21-24-14)17-6-9-18(19,10-7-17)11-8-17/h2-5H,6-11H2,1H3. The van der Waals surface area contributed by atoms with Crippen molar-refractivity contribution in [2.75, 3.05) is 7.11 Å². The maximum atomic E-state index is 12.0. The first kappa shape index (κ1) is 16.1. The molecule has 0 radical (unpaired) electrons. The smallest absolute Gasteiger partial charge is 0.338 e. The van der Waals surface area contributed by atoms with E-state index in [2.05, 4.69) is 32.7 Å². The summed E-state index contributed by atoms with van der Waals surface area (Å²) in [5.41, 5.74) is 1.13. The van der Waals surface area contributed by atoms with Crippen LogP contribution in [0.15, 0.2) is 28.8 Å². The van der Waals surface area contributed by atoms with Gasteiger partial charge in [-0.1, -0.05) is 39.9 Å². The fraction of sp³-hybridized carbons (Fsp3) is 0.500. The molecule has 2 aromatic rings. The molecule has 1 aromatic heterocycles. The summed E-state index contributed by atoms with van der Waals surface area (Å²) in [6.07, 6.45) is 7.01. The van der Waals surface area contributed by atoms with Crippen LogP contribution in [0.4, 0.5) is 0 Å². The van der Waals surface area contributed by atoms with Gasteiger partial charge in [-0.3, -0.25) is 0 Å². The van der Waals surface area contributed by atoms with Crippen molar-refractivity contribution in [3.8, 4) is 11.5 Å². The van der Waals surface area contributed by atoms with Gasteiger partial charge in [0, 0.05) is 8.84 Å². The summed E-state index contributed by atoms with van der Waals surface area (Å²) in [5.74, 6) is 0.807. The van der Waals surface area contributed by atoms with Gasteiger partial charge in [-0.15, -0.1) is 0 Å². The Labute approximate surface area is 154 Å². The van der Waals surface area contributed by atoms with Crippen LogP contribution in [0.3, 0.4) is 0 Å². The Bertz CT molecular complexity index is 762. The second kappa shape index (κ2) is 5.82. The van der Waals surface area contributed by atoms with Crippen LogP contribution < -0.4 is 0 Å². The fourth-order valence-electron chi connectivity index (χ4n) is 3.98. The molecule has 3 aliphatic carbocycles. The van der Waals surface area contributed by atoms with E-state index in [-0.39, 0.29) is 5.41 Å². The SMILES string of the molecule is COC(=O)c1ccccc1-c1nc(C23CCC(I)(CC2)CC3)no1. The molecule has 5 rings (SSSR count). The molecule has 24 heavy (non-hydrogen) atoms. The monoisotopic (exact) mass is 438 g/mol. The van der Waals surface area contributed by atoms with E-state index in [1.54, 1.807) is 12.1 Å². The van der Waals surface area contributed by atoms with Gasteiger partial charge < -0.3 is 9.26 Å². The normalized spacial score (nSPS) is 28.8. The first-order valence-corrected chi connectivity index (χ1v) is 9.34. The number of ether oxygens (including phenoxy) is 1. The van der Waals surface area contributed by atoms with Gasteiger partial charge in [-0.05, 0) is 50.7 Å². The van der Waals surface area contributed by atoms with E-state index in [4.69, 9.17) is 9.26 Å². The second-order valence-electron chi connectivity index (χ2n) is 6.89. The molecule has 0 atom stereocenters. The average Bonchev–Trinajstić information content (AvgIpc) is 3.13. The van der Waals surface area contributed by atoms with E-state index < -0.39 is 5.97 Å². The van der Waals surface area contributed by atoms with Crippen LogP contribution in [-0.2, 0) is 10.2 Å². The molecule has 126 valence electrons. The number of fused-ring (bicyclic) bond motifs is 3. The number of hydrogen-bond acceptors (Lipinski definition) is 5. The van der Waals surface area contributed by atoms with E-state index in [1.165, 1.54) is 26.4 Å². The Morgan fingerprint density at radius 3 is 2.50 bits per heavy atom. The van der Waals surface area contributed by atoms with E-state index >= 15 is 0 Å². The highest BCUT2D eigenvalue weighted by molar-refractivity contribution is 14.1. The van der Waals surface area contributed by atoms with Crippen LogP contribution in [0, 0.1) is 0 Å².